The van der Waals surface area contributed by atoms with Crippen molar-refractivity contribution in [1.82, 2.24) is 20.4 Å². The molecule has 2 saturated heterocycles. The molecule has 2 aliphatic heterocycles. The summed E-state index contributed by atoms with van der Waals surface area (Å²) in [7, 11) is 0. The molecular formula is C26H30Cl4N4O2. The lowest BCUT2D eigenvalue weighted by molar-refractivity contribution is -0.133. The fourth-order valence-corrected chi connectivity index (χ4v) is 5.68. The van der Waals surface area contributed by atoms with Crippen LogP contribution in [0.5, 0.6) is 0 Å². The second-order valence-electron chi connectivity index (χ2n) is 9.44. The highest BCUT2D eigenvalue weighted by Crippen LogP contribution is 2.23. The second-order valence-corrected chi connectivity index (χ2v) is 11.1. The Balaban J connectivity index is 1.45. The van der Waals surface area contributed by atoms with Crippen molar-refractivity contribution in [1.29, 1.82) is 0 Å². The van der Waals surface area contributed by atoms with Crippen LogP contribution in [0.3, 0.4) is 0 Å². The Morgan fingerprint density at radius 2 is 1.67 bits per heavy atom. The van der Waals surface area contributed by atoms with Crippen molar-refractivity contribution < 1.29 is 9.59 Å². The van der Waals surface area contributed by atoms with Gasteiger partial charge in [0.15, 0.2) is 0 Å². The number of benzene rings is 2. The van der Waals surface area contributed by atoms with E-state index >= 15 is 0 Å². The molecule has 10 heteroatoms. The Kier molecular flexibility index (Phi) is 9.78. The summed E-state index contributed by atoms with van der Waals surface area (Å²) in [6.45, 7) is 4.00. The number of piperidine rings is 1. The van der Waals surface area contributed by atoms with E-state index in [9.17, 15) is 9.59 Å². The van der Waals surface area contributed by atoms with Crippen LogP contribution >= 0.6 is 46.4 Å². The van der Waals surface area contributed by atoms with Gasteiger partial charge in [-0.25, -0.2) is 0 Å². The lowest BCUT2D eigenvalue weighted by Gasteiger charge is -2.32. The van der Waals surface area contributed by atoms with Crippen LogP contribution in [-0.2, 0) is 11.3 Å². The molecule has 0 aliphatic carbocycles. The van der Waals surface area contributed by atoms with Crippen molar-refractivity contribution in [2.75, 3.05) is 32.7 Å². The minimum Gasteiger partial charge on any atom is -0.350 e. The predicted octanol–water partition coefficient (Wildman–Crippen LogP) is 5.28. The number of halogens is 4. The quantitative estimate of drug-likeness (QED) is 0.475. The van der Waals surface area contributed by atoms with Gasteiger partial charge in [0.25, 0.3) is 5.91 Å². The first kappa shape index (κ1) is 27.5. The monoisotopic (exact) mass is 570 g/mol. The highest BCUT2D eigenvalue weighted by atomic mass is 35.5. The van der Waals surface area contributed by atoms with Gasteiger partial charge in [-0.05, 0) is 74.3 Å². The van der Waals surface area contributed by atoms with Crippen LogP contribution in [0.4, 0.5) is 0 Å². The van der Waals surface area contributed by atoms with Gasteiger partial charge in [0.05, 0.1) is 16.1 Å². The van der Waals surface area contributed by atoms with Crippen molar-refractivity contribution in [3.8, 4) is 0 Å². The molecule has 4 rings (SSSR count). The summed E-state index contributed by atoms with van der Waals surface area (Å²) < 4.78 is 0. The van der Waals surface area contributed by atoms with Crippen molar-refractivity contribution >= 4 is 58.2 Å². The van der Waals surface area contributed by atoms with Gasteiger partial charge in [-0.2, -0.15) is 0 Å². The van der Waals surface area contributed by atoms with Crippen LogP contribution in [-0.4, -0.2) is 66.4 Å². The molecule has 0 radical (unpaired) electrons. The molecule has 0 spiro atoms. The second kappa shape index (κ2) is 12.8. The number of carbonyl (C=O) groups is 2. The molecule has 36 heavy (non-hydrogen) atoms. The molecule has 0 bridgehead atoms. The number of carbonyl (C=O) groups excluding carboxylic acids is 2. The molecule has 0 saturated carbocycles. The van der Waals surface area contributed by atoms with Gasteiger partial charge in [0.2, 0.25) is 5.91 Å². The Morgan fingerprint density at radius 3 is 2.36 bits per heavy atom. The molecule has 2 fully saturated rings. The molecule has 2 atom stereocenters. The van der Waals surface area contributed by atoms with Crippen LogP contribution in [0.25, 0.3) is 0 Å². The molecular weight excluding hydrogens is 542 g/mol. The Labute approximate surface area is 232 Å². The fourth-order valence-electron chi connectivity index (χ4n) is 4.81. The molecule has 2 unspecified atom stereocenters. The standard InChI is InChI=1S/C26H30Cl4N4O2/c27-19-10-17(11-20(28)13-19)15-34-9-6-21(14-31-25(35)18-4-5-22(29)23(30)12-18)32-24(26(34)36)16-33-7-2-1-3-8-33/h4-5,10-13,21,24,32H,1-3,6-9,14-16H2,(H,31,35). The predicted molar refractivity (Wildman–Crippen MR) is 146 cm³/mol. The van der Waals surface area contributed by atoms with Crippen LogP contribution in [0.1, 0.15) is 41.6 Å². The van der Waals surface area contributed by atoms with E-state index in [1.54, 1.807) is 24.3 Å². The number of amides is 2. The van der Waals surface area contributed by atoms with Gasteiger partial charge in [-0.3, -0.25) is 9.59 Å². The summed E-state index contributed by atoms with van der Waals surface area (Å²) in [5.74, 6) is -0.182. The van der Waals surface area contributed by atoms with E-state index in [0.717, 1.165) is 31.5 Å². The summed E-state index contributed by atoms with van der Waals surface area (Å²) in [5, 5.41) is 8.34. The molecule has 2 N–H and O–H groups in total. The number of nitrogens with zero attached hydrogens (tertiary/aromatic N) is 2. The van der Waals surface area contributed by atoms with Crippen LogP contribution in [0.15, 0.2) is 36.4 Å². The third-order valence-electron chi connectivity index (χ3n) is 6.67. The normalized spacial score (nSPS) is 21.3. The minimum absolute atomic E-state index is 0.0509. The third kappa shape index (κ3) is 7.50. The molecule has 194 valence electrons. The molecule has 0 aromatic heterocycles. The molecule has 6 nitrogen and oxygen atoms in total. The molecule has 2 aromatic carbocycles. The minimum atomic E-state index is -0.368. The van der Waals surface area contributed by atoms with Crippen molar-refractivity contribution in [3.05, 3.63) is 67.6 Å². The highest BCUT2D eigenvalue weighted by Gasteiger charge is 2.32. The first-order chi connectivity index (χ1) is 17.3. The van der Waals surface area contributed by atoms with E-state index in [1.807, 2.05) is 17.0 Å². The summed E-state index contributed by atoms with van der Waals surface area (Å²) in [6, 6.07) is 9.74. The molecule has 2 amide bonds. The van der Waals surface area contributed by atoms with Gasteiger partial charge in [-0.15, -0.1) is 0 Å². The SMILES string of the molecule is O=C(NCC1CCN(Cc2cc(Cl)cc(Cl)c2)C(=O)C(CN2CCCCC2)N1)c1ccc(Cl)c(Cl)c1. The Hall–Kier alpha value is -1.54. The number of nitrogens with one attached hydrogen (secondary N) is 2. The summed E-state index contributed by atoms with van der Waals surface area (Å²) >= 11 is 24.4. The van der Waals surface area contributed by atoms with Crippen molar-refractivity contribution in [2.24, 2.45) is 0 Å². The van der Waals surface area contributed by atoms with Gasteiger partial charge >= 0.3 is 0 Å². The number of likely N-dealkylation sites (tertiary alicyclic amines) is 1. The van der Waals surface area contributed by atoms with Crippen molar-refractivity contribution in [3.63, 3.8) is 0 Å². The maximum atomic E-state index is 13.6. The van der Waals surface area contributed by atoms with E-state index in [1.165, 1.54) is 6.42 Å². The van der Waals surface area contributed by atoms with Crippen LogP contribution in [0.2, 0.25) is 20.1 Å². The first-order valence-corrected chi connectivity index (χ1v) is 13.7. The van der Waals surface area contributed by atoms with E-state index < -0.39 is 0 Å². The lowest BCUT2D eigenvalue weighted by Crippen LogP contribution is -2.54. The van der Waals surface area contributed by atoms with Crippen LogP contribution < -0.4 is 10.6 Å². The maximum Gasteiger partial charge on any atom is 0.251 e. The molecule has 2 heterocycles. The van der Waals surface area contributed by atoms with E-state index in [2.05, 4.69) is 15.5 Å². The fraction of sp³-hybridized carbons (Fsp3) is 0.462. The van der Waals surface area contributed by atoms with Gasteiger partial charge in [0.1, 0.15) is 0 Å². The molecule has 2 aromatic rings. The smallest absolute Gasteiger partial charge is 0.251 e. The zero-order chi connectivity index (χ0) is 25.7. The number of rotatable bonds is 7. The van der Waals surface area contributed by atoms with Gasteiger partial charge in [-0.1, -0.05) is 52.8 Å². The topological polar surface area (TPSA) is 64.7 Å². The zero-order valence-corrected chi connectivity index (χ0v) is 22.9. The van der Waals surface area contributed by atoms with E-state index in [-0.39, 0.29) is 23.9 Å². The zero-order valence-electron chi connectivity index (χ0n) is 19.9. The average molecular weight is 572 g/mol. The summed E-state index contributed by atoms with van der Waals surface area (Å²) in [6.07, 6.45) is 4.22. The molecule has 2 aliphatic rings. The van der Waals surface area contributed by atoms with Crippen molar-refractivity contribution in [2.45, 2.75) is 44.3 Å². The van der Waals surface area contributed by atoms with E-state index in [4.69, 9.17) is 46.4 Å². The Bertz CT molecular complexity index is 1070. The van der Waals surface area contributed by atoms with Gasteiger partial charge in [0, 0.05) is 47.8 Å². The third-order valence-corrected chi connectivity index (χ3v) is 7.85. The average Bonchev–Trinajstić information content (AvgIpc) is 2.98. The number of hydrogen-bond acceptors (Lipinski definition) is 4. The van der Waals surface area contributed by atoms with Crippen LogP contribution in [0, 0.1) is 0 Å². The number of hydrogen-bond donors (Lipinski definition) is 2. The summed E-state index contributed by atoms with van der Waals surface area (Å²) in [5.41, 5.74) is 1.34. The van der Waals surface area contributed by atoms with Gasteiger partial charge < -0.3 is 20.4 Å². The largest absolute Gasteiger partial charge is 0.350 e. The maximum absolute atomic E-state index is 13.6. The summed E-state index contributed by atoms with van der Waals surface area (Å²) in [4.78, 5) is 30.6. The first-order valence-electron chi connectivity index (χ1n) is 12.2. The Morgan fingerprint density at radius 1 is 0.944 bits per heavy atom. The highest BCUT2D eigenvalue weighted by molar-refractivity contribution is 6.42. The van der Waals surface area contributed by atoms with E-state index in [0.29, 0.717) is 58.3 Å². The lowest BCUT2D eigenvalue weighted by atomic mass is 10.1.